The normalized spacial score (nSPS) is 12.3. The summed E-state index contributed by atoms with van der Waals surface area (Å²) >= 11 is 0. The summed E-state index contributed by atoms with van der Waals surface area (Å²) in [5, 5.41) is 26.3. The van der Waals surface area contributed by atoms with E-state index in [-0.39, 0.29) is 0 Å². The van der Waals surface area contributed by atoms with Gasteiger partial charge in [0.25, 0.3) is 0 Å². The van der Waals surface area contributed by atoms with Gasteiger partial charge in [0.05, 0.1) is 6.07 Å². The van der Waals surface area contributed by atoms with Crippen LogP contribution in [0.5, 0.6) is 0 Å². The van der Waals surface area contributed by atoms with Gasteiger partial charge in [0.1, 0.15) is 11.6 Å². The molecule has 0 aliphatic heterocycles. The van der Waals surface area contributed by atoms with Crippen molar-refractivity contribution in [3.05, 3.63) is 11.6 Å². The first-order valence-electron chi connectivity index (χ1n) is 6.04. The van der Waals surface area contributed by atoms with Crippen LogP contribution in [0, 0.1) is 22.7 Å². The number of hydrogen-bond donors (Lipinski definition) is 1. The van der Waals surface area contributed by atoms with Crippen LogP contribution in [0.1, 0.15) is 45.4 Å². The predicted molar refractivity (Wildman–Crippen MR) is 64.8 cm³/mol. The molecule has 1 unspecified atom stereocenters. The number of carbonyl (C=O) groups is 1. The van der Waals surface area contributed by atoms with E-state index >= 15 is 0 Å². The molecule has 0 aliphatic rings. The minimum atomic E-state index is -1.21. The molecule has 0 spiro atoms. The lowest BCUT2D eigenvalue weighted by Gasteiger charge is -2.10. The third kappa shape index (κ3) is 7.43. The SMILES string of the molecule is CCCCCCCC(O)OC(=O)C(C#N)=CC#N. The van der Waals surface area contributed by atoms with Crippen LogP contribution in [0.4, 0.5) is 0 Å². The van der Waals surface area contributed by atoms with Gasteiger partial charge >= 0.3 is 5.97 Å². The summed E-state index contributed by atoms with van der Waals surface area (Å²) in [7, 11) is 0. The zero-order valence-electron chi connectivity index (χ0n) is 10.6. The number of ether oxygens (including phenoxy) is 1. The average Bonchev–Trinajstić information content (AvgIpc) is 2.35. The summed E-state index contributed by atoms with van der Waals surface area (Å²) < 4.78 is 4.64. The van der Waals surface area contributed by atoms with E-state index in [1.165, 1.54) is 0 Å². The number of nitrogens with zero attached hydrogens (tertiary/aromatic N) is 2. The second kappa shape index (κ2) is 10.3. The van der Waals surface area contributed by atoms with Crippen molar-refractivity contribution in [2.75, 3.05) is 0 Å². The fraction of sp³-hybridized carbons (Fsp3) is 0.615. The van der Waals surface area contributed by atoms with Crippen LogP contribution < -0.4 is 0 Å². The Morgan fingerprint density at radius 2 is 2.00 bits per heavy atom. The highest BCUT2D eigenvalue weighted by Crippen LogP contribution is 2.09. The monoisotopic (exact) mass is 250 g/mol. The molecule has 0 aromatic heterocycles. The molecule has 0 aromatic rings. The van der Waals surface area contributed by atoms with Crippen molar-refractivity contribution < 1.29 is 14.6 Å². The molecule has 0 rings (SSSR count). The van der Waals surface area contributed by atoms with E-state index in [4.69, 9.17) is 10.5 Å². The molecule has 0 bridgehead atoms. The number of carbonyl (C=O) groups excluding carboxylic acids is 1. The van der Waals surface area contributed by atoms with Crippen molar-refractivity contribution in [2.24, 2.45) is 0 Å². The third-order valence-corrected chi connectivity index (χ3v) is 2.35. The molecule has 0 radical (unpaired) electrons. The van der Waals surface area contributed by atoms with Gasteiger partial charge in [-0.15, -0.1) is 0 Å². The Morgan fingerprint density at radius 3 is 2.56 bits per heavy atom. The molecule has 18 heavy (non-hydrogen) atoms. The lowest BCUT2D eigenvalue weighted by Crippen LogP contribution is -2.18. The molecule has 5 heteroatoms. The van der Waals surface area contributed by atoms with E-state index in [1.807, 2.05) is 0 Å². The number of rotatable bonds is 8. The van der Waals surface area contributed by atoms with Gasteiger partial charge in [-0.05, 0) is 6.42 Å². The fourth-order valence-corrected chi connectivity index (χ4v) is 1.37. The van der Waals surface area contributed by atoms with E-state index in [1.54, 1.807) is 12.1 Å². The Hall–Kier alpha value is -1.85. The molecule has 0 fully saturated rings. The molecule has 0 heterocycles. The Kier molecular flexibility index (Phi) is 9.25. The van der Waals surface area contributed by atoms with Crippen LogP contribution in [0.25, 0.3) is 0 Å². The topological polar surface area (TPSA) is 94.1 Å². The highest BCUT2D eigenvalue weighted by Gasteiger charge is 2.15. The lowest BCUT2D eigenvalue weighted by atomic mass is 10.1. The van der Waals surface area contributed by atoms with Gasteiger partial charge in [0, 0.05) is 12.5 Å². The van der Waals surface area contributed by atoms with Gasteiger partial charge in [-0.2, -0.15) is 10.5 Å². The Bertz CT molecular complexity index is 363. The van der Waals surface area contributed by atoms with Crippen molar-refractivity contribution >= 4 is 5.97 Å². The molecular weight excluding hydrogens is 232 g/mol. The van der Waals surface area contributed by atoms with Crippen molar-refractivity contribution in [3.63, 3.8) is 0 Å². The molecule has 1 atom stereocenters. The van der Waals surface area contributed by atoms with Crippen LogP contribution >= 0.6 is 0 Å². The molecule has 0 saturated heterocycles. The Morgan fingerprint density at radius 1 is 1.33 bits per heavy atom. The second-order valence-electron chi connectivity index (χ2n) is 3.86. The number of hydrogen-bond acceptors (Lipinski definition) is 5. The summed E-state index contributed by atoms with van der Waals surface area (Å²) in [6.07, 6.45) is 5.06. The first-order chi connectivity index (χ1) is 8.65. The Labute approximate surface area is 107 Å². The molecule has 0 aliphatic carbocycles. The highest BCUT2D eigenvalue weighted by atomic mass is 16.6. The molecule has 0 aromatic carbocycles. The van der Waals surface area contributed by atoms with Crippen LogP contribution in [-0.4, -0.2) is 17.4 Å². The highest BCUT2D eigenvalue weighted by molar-refractivity contribution is 5.93. The standard InChI is InChI=1S/C13H18N2O3/c1-2-3-4-5-6-7-12(16)18-13(17)11(10-15)8-9-14/h8,12,16H,2-7H2,1H3. The average molecular weight is 250 g/mol. The van der Waals surface area contributed by atoms with Crippen molar-refractivity contribution in [1.29, 1.82) is 10.5 Å². The molecule has 98 valence electrons. The predicted octanol–water partition coefficient (Wildman–Crippen LogP) is 2.18. The zero-order chi connectivity index (χ0) is 13.8. The number of unbranched alkanes of at least 4 members (excludes halogenated alkanes) is 4. The van der Waals surface area contributed by atoms with Crippen LogP contribution in [0.15, 0.2) is 11.6 Å². The summed E-state index contributed by atoms with van der Waals surface area (Å²) in [5.41, 5.74) is -0.400. The maximum absolute atomic E-state index is 11.3. The minimum Gasteiger partial charge on any atom is -0.432 e. The summed E-state index contributed by atoms with van der Waals surface area (Å²) in [4.78, 5) is 11.3. The molecule has 5 nitrogen and oxygen atoms in total. The fourth-order valence-electron chi connectivity index (χ4n) is 1.37. The van der Waals surface area contributed by atoms with Crippen LogP contribution in [0.2, 0.25) is 0 Å². The minimum absolute atomic E-state index is 0.348. The summed E-state index contributed by atoms with van der Waals surface area (Å²) in [6, 6.07) is 3.12. The van der Waals surface area contributed by atoms with Crippen molar-refractivity contribution in [2.45, 2.75) is 51.7 Å². The van der Waals surface area contributed by atoms with Gasteiger partial charge in [0.2, 0.25) is 6.29 Å². The number of nitriles is 2. The van der Waals surface area contributed by atoms with E-state index in [9.17, 15) is 9.90 Å². The van der Waals surface area contributed by atoms with E-state index < -0.39 is 17.8 Å². The molecule has 0 saturated carbocycles. The van der Waals surface area contributed by atoms with Gasteiger partial charge in [0.15, 0.2) is 0 Å². The zero-order valence-corrected chi connectivity index (χ0v) is 10.6. The van der Waals surface area contributed by atoms with Crippen LogP contribution in [-0.2, 0) is 9.53 Å². The van der Waals surface area contributed by atoms with Crippen molar-refractivity contribution in [3.8, 4) is 12.1 Å². The van der Waals surface area contributed by atoms with Gasteiger partial charge in [-0.1, -0.05) is 32.6 Å². The molecule has 1 N–H and O–H groups in total. The lowest BCUT2D eigenvalue weighted by molar-refractivity contribution is -0.163. The largest absolute Gasteiger partial charge is 0.432 e. The van der Waals surface area contributed by atoms with Crippen LogP contribution in [0.3, 0.4) is 0 Å². The number of esters is 1. The number of aliphatic hydroxyl groups is 1. The Balaban J connectivity index is 3.92. The number of aliphatic hydroxyl groups excluding tert-OH is 1. The summed E-state index contributed by atoms with van der Waals surface area (Å²) in [5.74, 6) is -0.958. The van der Waals surface area contributed by atoms with E-state index in [0.29, 0.717) is 6.42 Å². The van der Waals surface area contributed by atoms with Gasteiger partial charge in [-0.3, -0.25) is 0 Å². The maximum Gasteiger partial charge on any atom is 0.351 e. The molecular formula is C13H18N2O3. The van der Waals surface area contributed by atoms with E-state index in [2.05, 4.69) is 11.7 Å². The first-order valence-corrected chi connectivity index (χ1v) is 6.04. The van der Waals surface area contributed by atoms with Gasteiger partial charge in [-0.25, -0.2) is 4.79 Å². The van der Waals surface area contributed by atoms with E-state index in [0.717, 1.165) is 38.2 Å². The third-order valence-electron chi connectivity index (χ3n) is 2.35. The maximum atomic E-state index is 11.3. The van der Waals surface area contributed by atoms with Gasteiger partial charge < -0.3 is 9.84 Å². The van der Waals surface area contributed by atoms with Crippen molar-refractivity contribution in [1.82, 2.24) is 0 Å². The molecule has 0 amide bonds. The summed E-state index contributed by atoms with van der Waals surface area (Å²) in [6.45, 7) is 2.11. The second-order valence-corrected chi connectivity index (χ2v) is 3.86. The smallest absolute Gasteiger partial charge is 0.351 e. The number of allylic oxidation sites excluding steroid dienone is 1. The first kappa shape index (κ1) is 16.1. The quantitative estimate of drug-likeness (QED) is 0.234.